The van der Waals surface area contributed by atoms with E-state index in [0.29, 0.717) is 11.7 Å². The second-order valence-corrected chi connectivity index (χ2v) is 8.98. The van der Waals surface area contributed by atoms with E-state index in [1.165, 1.54) is 27.7 Å². The monoisotopic (exact) mass is 410 g/mol. The zero-order chi connectivity index (χ0) is 17.9. The van der Waals surface area contributed by atoms with Crippen molar-refractivity contribution in [3.8, 4) is 5.75 Å². The normalized spacial score (nSPS) is 25.8. The molecule has 3 nitrogen and oxygen atoms in total. The predicted octanol–water partition coefficient (Wildman–Crippen LogP) is 4.62. The van der Waals surface area contributed by atoms with Crippen LogP contribution in [-0.2, 0) is 18.3 Å². The minimum atomic E-state index is 0.107. The second kappa shape index (κ2) is 5.86. The number of hydrogen-bond acceptors (Lipinski definition) is 2. The highest BCUT2D eigenvalue weighted by Gasteiger charge is 2.47. The summed E-state index contributed by atoms with van der Waals surface area (Å²) in [6.45, 7) is 2.21. The van der Waals surface area contributed by atoms with Crippen molar-refractivity contribution in [2.75, 3.05) is 20.1 Å². The van der Waals surface area contributed by atoms with Gasteiger partial charge < -0.3 is 15.0 Å². The van der Waals surface area contributed by atoms with Crippen LogP contribution in [0.25, 0.3) is 10.9 Å². The standard InChI is InChI=1S/C22H23BrN2O/c1-25-8-7-22(14-3-2-4-17(26)9-14)12-21-19(10-15(22)13-25)18-6-5-16(23)11-20(18)24-21/h2-6,9,11,15,24,26H,7-8,10,12-13H2,1H3/t15?,22-/m1/s1. The van der Waals surface area contributed by atoms with Gasteiger partial charge >= 0.3 is 0 Å². The summed E-state index contributed by atoms with van der Waals surface area (Å²) in [5.74, 6) is 0.944. The van der Waals surface area contributed by atoms with E-state index in [9.17, 15) is 5.11 Å². The van der Waals surface area contributed by atoms with Crippen molar-refractivity contribution in [3.63, 3.8) is 0 Å². The van der Waals surface area contributed by atoms with Crippen LogP contribution in [0.2, 0.25) is 0 Å². The van der Waals surface area contributed by atoms with Crippen LogP contribution in [0, 0.1) is 5.92 Å². The van der Waals surface area contributed by atoms with E-state index in [4.69, 9.17) is 0 Å². The lowest BCUT2D eigenvalue weighted by atomic mass is 9.59. The number of halogens is 1. The summed E-state index contributed by atoms with van der Waals surface area (Å²) < 4.78 is 1.11. The van der Waals surface area contributed by atoms with Gasteiger partial charge in [-0.3, -0.25) is 0 Å². The Morgan fingerprint density at radius 3 is 2.96 bits per heavy atom. The molecule has 134 valence electrons. The Hall–Kier alpha value is -1.78. The first-order valence-electron chi connectivity index (χ1n) is 9.32. The van der Waals surface area contributed by atoms with Gasteiger partial charge in [-0.05, 0) is 74.2 Å². The SMILES string of the molecule is CN1CC[C@]2(c3cccc(O)c3)Cc3[nH]c4cc(Br)ccc4c3CC2C1. The van der Waals surface area contributed by atoms with E-state index in [1.54, 1.807) is 6.07 Å². The minimum absolute atomic E-state index is 0.107. The number of aromatic hydroxyl groups is 1. The van der Waals surface area contributed by atoms with Gasteiger partial charge in [-0.25, -0.2) is 0 Å². The van der Waals surface area contributed by atoms with E-state index in [0.717, 1.165) is 36.8 Å². The number of phenolic OH excluding ortho intramolecular Hbond substituents is 1. The van der Waals surface area contributed by atoms with Crippen LogP contribution < -0.4 is 0 Å². The molecule has 1 aromatic heterocycles. The van der Waals surface area contributed by atoms with Crippen LogP contribution in [0.5, 0.6) is 5.75 Å². The summed E-state index contributed by atoms with van der Waals surface area (Å²) in [5.41, 5.74) is 5.49. The highest BCUT2D eigenvalue weighted by atomic mass is 79.9. The molecule has 5 rings (SSSR count). The fraction of sp³-hybridized carbons (Fsp3) is 0.364. The van der Waals surface area contributed by atoms with Crippen molar-refractivity contribution in [2.24, 2.45) is 5.92 Å². The first-order valence-corrected chi connectivity index (χ1v) is 10.1. The van der Waals surface area contributed by atoms with Gasteiger partial charge in [-0.2, -0.15) is 0 Å². The van der Waals surface area contributed by atoms with Gasteiger partial charge in [0.1, 0.15) is 5.75 Å². The topological polar surface area (TPSA) is 39.3 Å². The van der Waals surface area contributed by atoms with Crippen LogP contribution in [0.4, 0.5) is 0 Å². The molecule has 2 aliphatic rings. The maximum atomic E-state index is 10.1. The predicted molar refractivity (Wildman–Crippen MR) is 109 cm³/mol. The molecule has 2 atom stereocenters. The molecule has 2 aromatic carbocycles. The summed E-state index contributed by atoms with van der Waals surface area (Å²) in [6, 6.07) is 14.5. The lowest BCUT2D eigenvalue weighted by molar-refractivity contribution is 0.0994. The zero-order valence-electron chi connectivity index (χ0n) is 14.9. The molecule has 1 saturated heterocycles. The molecule has 0 amide bonds. The average molecular weight is 411 g/mol. The van der Waals surface area contributed by atoms with Crippen molar-refractivity contribution in [1.29, 1.82) is 0 Å². The van der Waals surface area contributed by atoms with Crippen molar-refractivity contribution in [3.05, 3.63) is 63.8 Å². The number of phenols is 1. The van der Waals surface area contributed by atoms with E-state index in [1.807, 2.05) is 12.1 Å². The summed E-state index contributed by atoms with van der Waals surface area (Å²) in [5, 5.41) is 11.5. The quantitative estimate of drug-likeness (QED) is 0.613. The van der Waals surface area contributed by atoms with Crippen LogP contribution >= 0.6 is 15.9 Å². The molecule has 3 aromatic rings. The van der Waals surface area contributed by atoms with Gasteiger partial charge in [0.2, 0.25) is 0 Å². The number of nitrogens with zero attached hydrogens (tertiary/aromatic N) is 1. The fourth-order valence-corrected chi connectivity index (χ4v) is 5.62. The highest BCUT2D eigenvalue weighted by molar-refractivity contribution is 9.10. The summed E-state index contributed by atoms with van der Waals surface area (Å²) >= 11 is 3.60. The van der Waals surface area contributed by atoms with Crippen molar-refractivity contribution in [2.45, 2.75) is 24.7 Å². The van der Waals surface area contributed by atoms with E-state index >= 15 is 0 Å². The number of likely N-dealkylation sites (tertiary alicyclic amines) is 1. The molecule has 2 N–H and O–H groups in total. The molecule has 1 aliphatic carbocycles. The summed E-state index contributed by atoms with van der Waals surface area (Å²) in [7, 11) is 2.23. The number of aromatic nitrogens is 1. The van der Waals surface area contributed by atoms with Gasteiger partial charge in [0.05, 0.1) is 0 Å². The molecule has 2 heterocycles. The number of fused-ring (bicyclic) bond motifs is 4. The first-order chi connectivity index (χ1) is 12.5. The number of hydrogen-bond donors (Lipinski definition) is 2. The summed E-state index contributed by atoms with van der Waals surface area (Å²) in [6.07, 6.45) is 3.25. The van der Waals surface area contributed by atoms with Gasteiger partial charge in [0.25, 0.3) is 0 Å². The lowest BCUT2D eigenvalue weighted by Gasteiger charge is -2.50. The molecule has 0 bridgehead atoms. The lowest BCUT2D eigenvalue weighted by Crippen LogP contribution is -2.52. The Morgan fingerprint density at radius 1 is 1.23 bits per heavy atom. The average Bonchev–Trinajstić information content (AvgIpc) is 2.95. The largest absolute Gasteiger partial charge is 0.508 e. The molecule has 0 radical (unpaired) electrons. The van der Waals surface area contributed by atoms with Crippen molar-refractivity contribution in [1.82, 2.24) is 9.88 Å². The third-order valence-electron chi connectivity index (χ3n) is 6.57. The van der Waals surface area contributed by atoms with Gasteiger partial charge in [0.15, 0.2) is 0 Å². The molecule has 4 heteroatoms. The Bertz CT molecular complexity index is 995. The molecule has 0 spiro atoms. The van der Waals surface area contributed by atoms with Crippen LogP contribution in [0.3, 0.4) is 0 Å². The van der Waals surface area contributed by atoms with Crippen LogP contribution in [0.15, 0.2) is 46.9 Å². The summed E-state index contributed by atoms with van der Waals surface area (Å²) in [4.78, 5) is 6.16. The molecular formula is C22H23BrN2O. The maximum absolute atomic E-state index is 10.1. The third kappa shape index (κ3) is 2.43. The number of benzene rings is 2. The number of piperidine rings is 1. The number of aromatic amines is 1. The third-order valence-corrected chi connectivity index (χ3v) is 7.07. The zero-order valence-corrected chi connectivity index (χ0v) is 16.5. The number of nitrogens with one attached hydrogen (secondary N) is 1. The minimum Gasteiger partial charge on any atom is -0.508 e. The van der Waals surface area contributed by atoms with Crippen molar-refractivity contribution >= 4 is 26.8 Å². The van der Waals surface area contributed by atoms with Crippen LogP contribution in [0.1, 0.15) is 23.2 Å². The molecular weight excluding hydrogens is 388 g/mol. The number of H-pyrrole nitrogens is 1. The Labute approximate surface area is 162 Å². The molecule has 0 saturated carbocycles. The van der Waals surface area contributed by atoms with Crippen molar-refractivity contribution < 1.29 is 5.11 Å². The van der Waals surface area contributed by atoms with Gasteiger partial charge in [-0.1, -0.05) is 34.1 Å². The maximum Gasteiger partial charge on any atom is 0.115 e. The second-order valence-electron chi connectivity index (χ2n) is 8.07. The van der Waals surface area contributed by atoms with E-state index in [-0.39, 0.29) is 5.41 Å². The number of rotatable bonds is 1. The Balaban J connectivity index is 1.68. The van der Waals surface area contributed by atoms with E-state index in [2.05, 4.69) is 57.1 Å². The molecule has 26 heavy (non-hydrogen) atoms. The molecule has 1 aliphatic heterocycles. The molecule has 1 unspecified atom stereocenters. The van der Waals surface area contributed by atoms with Gasteiger partial charge in [-0.15, -0.1) is 0 Å². The highest BCUT2D eigenvalue weighted by Crippen LogP contribution is 2.49. The smallest absolute Gasteiger partial charge is 0.115 e. The Kier molecular flexibility index (Phi) is 3.70. The van der Waals surface area contributed by atoms with Crippen LogP contribution in [-0.4, -0.2) is 35.1 Å². The first kappa shape index (κ1) is 16.4. The molecule has 1 fully saturated rings. The Morgan fingerprint density at radius 2 is 2.12 bits per heavy atom. The van der Waals surface area contributed by atoms with E-state index < -0.39 is 0 Å². The fourth-order valence-electron chi connectivity index (χ4n) is 5.26. The van der Waals surface area contributed by atoms with Gasteiger partial charge in [0, 0.05) is 33.0 Å².